The highest BCUT2D eigenvalue weighted by molar-refractivity contribution is 5.65. The molecule has 0 aliphatic rings. The van der Waals surface area contributed by atoms with Crippen molar-refractivity contribution in [3.63, 3.8) is 0 Å². The van der Waals surface area contributed by atoms with Crippen molar-refractivity contribution in [2.45, 2.75) is 0 Å². The van der Waals surface area contributed by atoms with Gasteiger partial charge in [0.15, 0.2) is 0 Å². The predicted molar refractivity (Wildman–Crippen MR) is 58.0 cm³/mol. The Hall–Kier alpha value is -2.23. The highest BCUT2D eigenvalue weighted by atomic mass is 16.1. The molecule has 2 aromatic heterocycles. The van der Waals surface area contributed by atoms with E-state index in [1.807, 2.05) is 24.3 Å². The largest absolute Gasteiger partial charge is 0.268 e. The number of hydrogen-bond donors (Lipinski definition) is 1. The zero-order chi connectivity index (χ0) is 10.5. The zero-order valence-corrected chi connectivity index (χ0v) is 7.92. The van der Waals surface area contributed by atoms with Crippen LogP contribution in [0, 0.1) is 0 Å². The Bertz CT molecular complexity index is 496. The van der Waals surface area contributed by atoms with Gasteiger partial charge in [-0.2, -0.15) is 5.10 Å². The molecule has 0 radical (unpaired) electrons. The molecule has 2 aromatic rings. The predicted octanol–water partition coefficient (Wildman–Crippen LogP) is 1.34. The van der Waals surface area contributed by atoms with Crippen molar-refractivity contribution in [3.05, 3.63) is 58.3 Å². The SMILES string of the molecule is O=c1ccc(/C=C/c2ccccn2)n[nH]1. The van der Waals surface area contributed by atoms with E-state index in [-0.39, 0.29) is 5.56 Å². The Morgan fingerprint density at radius 2 is 1.93 bits per heavy atom. The van der Waals surface area contributed by atoms with Crippen LogP contribution in [0.25, 0.3) is 12.2 Å². The van der Waals surface area contributed by atoms with Gasteiger partial charge in [0.25, 0.3) is 5.56 Å². The van der Waals surface area contributed by atoms with E-state index < -0.39 is 0 Å². The monoisotopic (exact) mass is 199 g/mol. The second kappa shape index (κ2) is 4.32. The fourth-order valence-electron chi connectivity index (χ4n) is 1.09. The minimum absolute atomic E-state index is 0.204. The van der Waals surface area contributed by atoms with Gasteiger partial charge in [0.05, 0.1) is 11.4 Å². The lowest BCUT2D eigenvalue weighted by molar-refractivity contribution is 0.977. The molecule has 0 amide bonds. The first-order valence-electron chi connectivity index (χ1n) is 4.49. The van der Waals surface area contributed by atoms with Gasteiger partial charge in [-0.15, -0.1) is 0 Å². The molecule has 0 aliphatic heterocycles. The van der Waals surface area contributed by atoms with Gasteiger partial charge < -0.3 is 0 Å². The number of aromatic nitrogens is 3. The molecule has 4 heteroatoms. The van der Waals surface area contributed by atoms with Gasteiger partial charge in [0, 0.05) is 12.3 Å². The third kappa shape index (κ3) is 2.60. The summed E-state index contributed by atoms with van der Waals surface area (Å²) < 4.78 is 0. The van der Waals surface area contributed by atoms with Crippen molar-refractivity contribution in [2.24, 2.45) is 0 Å². The fourth-order valence-corrected chi connectivity index (χ4v) is 1.09. The molecule has 0 atom stereocenters. The van der Waals surface area contributed by atoms with Crippen LogP contribution in [0.15, 0.2) is 41.3 Å². The number of aromatic amines is 1. The summed E-state index contributed by atoms with van der Waals surface area (Å²) in [6.45, 7) is 0. The molecule has 0 saturated heterocycles. The first-order valence-corrected chi connectivity index (χ1v) is 4.49. The third-order valence-corrected chi connectivity index (χ3v) is 1.81. The van der Waals surface area contributed by atoms with E-state index in [2.05, 4.69) is 15.2 Å². The van der Waals surface area contributed by atoms with E-state index in [9.17, 15) is 4.79 Å². The van der Waals surface area contributed by atoms with Gasteiger partial charge in [-0.3, -0.25) is 9.78 Å². The van der Waals surface area contributed by atoms with Crippen LogP contribution in [0.4, 0.5) is 0 Å². The molecule has 0 aliphatic carbocycles. The van der Waals surface area contributed by atoms with Crippen molar-refractivity contribution < 1.29 is 0 Å². The Labute approximate surface area is 86.3 Å². The number of pyridine rings is 1. The maximum atomic E-state index is 10.7. The van der Waals surface area contributed by atoms with E-state index in [1.165, 1.54) is 6.07 Å². The number of hydrogen-bond acceptors (Lipinski definition) is 3. The van der Waals surface area contributed by atoms with Crippen LogP contribution in [0.5, 0.6) is 0 Å². The molecule has 15 heavy (non-hydrogen) atoms. The first kappa shape index (κ1) is 9.33. The average Bonchev–Trinajstić information content (AvgIpc) is 2.30. The number of H-pyrrole nitrogens is 1. The van der Waals surface area contributed by atoms with Crippen LogP contribution in [0.2, 0.25) is 0 Å². The molecular formula is C11H9N3O. The average molecular weight is 199 g/mol. The van der Waals surface area contributed by atoms with E-state index >= 15 is 0 Å². The second-order valence-corrected chi connectivity index (χ2v) is 2.93. The maximum absolute atomic E-state index is 10.7. The van der Waals surface area contributed by atoms with Crippen LogP contribution >= 0.6 is 0 Å². The highest BCUT2D eigenvalue weighted by Crippen LogP contribution is 2.00. The third-order valence-electron chi connectivity index (χ3n) is 1.81. The van der Waals surface area contributed by atoms with Gasteiger partial charge in [-0.1, -0.05) is 6.07 Å². The van der Waals surface area contributed by atoms with Crippen molar-refractivity contribution in [3.8, 4) is 0 Å². The summed E-state index contributed by atoms with van der Waals surface area (Å²) >= 11 is 0. The van der Waals surface area contributed by atoms with Gasteiger partial charge in [0.1, 0.15) is 0 Å². The smallest absolute Gasteiger partial charge is 0.264 e. The van der Waals surface area contributed by atoms with E-state index in [0.717, 1.165) is 5.69 Å². The number of rotatable bonds is 2. The lowest BCUT2D eigenvalue weighted by Gasteiger charge is -1.91. The Morgan fingerprint density at radius 1 is 1.07 bits per heavy atom. The van der Waals surface area contributed by atoms with Gasteiger partial charge in [0.2, 0.25) is 0 Å². The zero-order valence-electron chi connectivity index (χ0n) is 7.92. The molecule has 0 spiro atoms. The van der Waals surface area contributed by atoms with Crippen LogP contribution < -0.4 is 5.56 Å². The summed E-state index contributed by atoms with van der Waals surface area (Å²) in [5.74, 6) is 0. The van der Waals surface area contributed by atoms with Crippen molar-refractivity contribution in [1.82, 2.24) is 15.2 Å². The van der Waals surface area contributed by atoms with Crippen LogP contribution in [0.1, 0.15) is 11.4 Å². The summed E-state index contributed by atoms with van der Waals surface area (Å²) in [5, 5.41) is 6.20. The second-order valence-electron chi connectivity index (χ2n) is 2.93. The normalized spacial score (nSPS) is 10.7. The van der Waals surface area contributed by atoms with Crippen molar-refractivity contribution in [1.29, 1.82) is 0 Å². The number of nitrogens with zero attached hydrogens (tertiary/aromatic N) is 2. The lowest BCUT2D eigenvalue weighted by atomic mass is 10.3. The summed E-state index contributed by atoms with van der Waals surface area (Å²) in [6, 6.07) is 8.74. The molecule has 1 N–H and O–H groups in total. The molecule has 2 rings (SSSR count). The highest BCUT2D eigenvalue weighted by Gasteiger charge is 1.89. The summed E-state index contributed by atoms with van der Waals surface area (Å²) in [5.41, 5.74) is 1.34. The molecular weight excluding hydrogens is 190 g/mol. The van der Waals surface area contributed by atoms with Crippen LogP contribution in [-0.2, 0) is 0 Å². The maximum Gasteiger partial charge on any atom is 0.264 e. The molecule has 2 heterocycles. The van der Waals surface area contributed by atoms with Gasteiger partial charge >= 0.3 is 0 Å². The molecule has 0 bridgehead atoms. The summed E-state index contributed by atoms with van der Waals surface area (Å²) in [7, 11) is 0. The number of nitrogens with one attached hydrogen (secondary N) is 1. The molecule has 74 valence electrons. The van der Waals surface area contributed by atoms with Crippen molar-refractivity contribution >= 4 is 12.2 Å². The Kier molecular flexibility index (Phi) is 2.69. The minimum atomic E-state index is -0.204. The molecule has 0 unspecified atom stereocenters. The summed E-state index contributed by atoms with van der Waals surface area (Å²) in [6.07, 6.45) is 5.35. The van der Waals surface area contributed by atoms with Crippen LogP contribution in [0.3, 0.4) is 0 Å². The Balaban J connectivity index is 2.19. The molecule has 4 nitrogen and oxygen atoms in total. The van der Waals surface area contributed by atoms with Crippen LogP contribution in [-0.4, -0.2) is 15.2 Å². The topological polar surface area (TPSA) is 58.6 Å². The van der Waals surface area contributed by atoms with Gasteiger partial charge in [-0.05, 0) is 30.4 Å². The standard InChI is InChI=1S/C11H9N3O/c15-11-7-6-10(13-14-11)5-4-9-3-1-2-8-12-9/h1-8H,(H,14,15)/b5-4+. The fraction of sp³-hybridized carbons (Fsp3) is 0. The quantitative estimate of drug-likeness (QED) is 0.793. The first-order chi connectivity index (χ1) is 7.34. The minimum Gasteiger partial charge on any atom is -0.268 e. The summed E-state index contributed by atoms with van der Waals surface area (Å²) in [4.78, 5) is 14.9. The van der Waals surface area contributed by atoms with E-state index in [1.54, 1.807) is 18.3 Å². The molecule has 0 aromatic carbocycles. The molecule has 0 fully saturated rings. The molecule has 0 saturated carbocycles. The lowest BCUT2D eigenvalue weighted by Crippen LogP contribution is -2.05. The van der Waals surface area contributed by atoms with E-state index in [0.29, 0.717) is 5.69 Å². The van der Waals surface area contributed by atoms with Gasteiger partial charge in [-0.25, -0.2) is 5.10 Å². The Morgan fingerprint density at radius 3 is 2.60 bits per heavy atom. The van der Waals surface area contributed by atoms with E-state index in [4.69, 9.17) is 0 Å². The van der Waals surface area contributed by atoms with Crippen molar-refractivity contribution in [2.75, 3.05) is 0 Å².